The monoisotopic (exact) mass is 700 g/mol. The van der Waals surface area contributed by atoms with Gasteiger partial charge in [0.2, 0.25) is 0 Å². The molecular weight excluding hydrogens is 666 g/mol. The standard InChI is InChI=1S/C37H34F6N2O5/c1-19(2)30-11-10-28(29-16-22(8-12-32(29)48-5)27-9-7-23(13-20(27)3)34(46)49-6)31(44-30)18-45-21(4)33(50-35(45)47)24-14-25(36(38,39)40)17-26(15-24)37(41,42)43/h7-17,19,21,33H,18H2,1-6H3/t21-,33-/m0/s1. The van der Waals surface area contributed by atoms with Crippen LogP contribution in [0.4, 0.5) is 31.1 Å². The van der Waals surface area contributed by atoms with Gasteiger partial charge < -0.3 is 14.2 Å². The molecule has 2 heterocycles. The number of nitrogens with zero attached hydrogens (tertiary/aromatic N) is 2. The highest BCUT2D eigenvalue weighted by atomic mass is 19.4. The zero-order valence-corrected chi connectivity index (χ0v) is 28.0. The van der Waals surface area contributed by atoms with Gasteiger partial charge in [0.1, 0.15) is 11.9 Å². The number of methoxy groups -OCH3 is 2. The number of aryl methyl sites for hydroxylation is 1. The molecule has 0 N–H and O–H groups in total. The maximum atomic E-state index is 13.6. The van der Waals surface area contributed by atoms with Gasteiger partial charge in [-0.05, 0) is 90.6 Å². The summed E-state index contributed by atoms with van der Waals surface area (Å²) in [6.45, 7) is 7.05. The number of ether oxygens (including phenoxy) is 3. The highest BCUT2D eigenvalue weighted by Gasteiger charge is 2.43. The third-order valence-corrected chi connectivity index (χ3v) is 8.69. The lowest BCUT2D eigenvalue weighted by Crippen LogP contribution is -2.32. The maximum Gasteiger partial charge on any atom is 0.416 e. The second kappa shape index (κ2) is 13.7. The van der Waals surface area contributed by atoms with E-state index in [1.165, 1.54) is 26.0 Å². The van der Waals surface area contributed by atoms with Crippen molar-refractivity contribution in [1.82, 2.24) is 9.88 Å². The van der Waals surface area contributed by atoms with Crippen LogP contribution in [-0.4, -0.2) is 42.2 Å². The third kappa shape index (κ3) is 7.26. The molecule has 7 nitrogen and oxygen atoms in total. The van der Waals surface area contributed by atoms with Gasteiger partial charge >= 0.3 is 24.4 Å². The predicted molar refractivity (Wildman–Crippen MR) is 172 cm³/mol. The number of esters is 1. The lowest BCUT2D eigenvalue weighted by atomic mass is 9.93. The van der Waals surface area contributed by atoms with Crippen molar-refractivity contribution in [2.24, 2.45) is 0 Å². The molecule has 0 unspecified atom stereocenters. The largest absolute Gasteiger partial charge is 0.496 e. The van der Waals surface area contributed by atoms with E-state index in [9.17, 15) is 35.9 Å². The fourth-order valence-corrected chi connectivity index (χ4v) is 5.99. The summed E-state index contributed by atoms with van der Waals surface area (Å²) in [5, 5.41) is 0. The van der Waals surface area contributed by atoms with E-state index in [-0.39, 0.29) is 18.5 Å². The highest BCUT2D eigenvalue weighted by Crippen LogP contribution is 2.42. The van der Waals surface area contributed by atoms with Crippen LogP contribution in [0.3, 0.4) is 0 Å². The van der Waals surface area contributed by atoms with Crippen LogP contribution in [0.1, 0.15) is 76.8 Å². The third-order valence-electron chi connectivity index (χ3n) is 8.69. The number of carbonyl (C=O) groups excluding carboxylic acids is 2. The molecule has 13 heteroatoms. The molecule has 2 atom stereocenters. The molecule has 1 amide bonds. The minimum Gasteiger partial charge on any atom is -0.496 e. The number of carbonyl (C=O) groups is 2. The Morgan fingerprint density at radius 3 is 2.08 bits per heavy atom. The molecule has 1 aliphatic heterocycles. The summed E-state index contributed by atoms with van der Waals surface area (Å²) in [4.78, 5) is 31.4. The maximum absolute atomic E-state index is 13.6. The van der Waals surface area contributed by atoms with Gasteiger partial charge in [-0.25, -0.2) is 9.59 Å². The van der Waals surface area contributed by atoms with Gasteiger partial charge in [-0.3, -0.25) is 9.88 Å². The molecular formula is C37H34F6N2O5. The Balaban J connectivity index is 1.57. The van der Waals surface area contributed by atoms with Crippen LogP contribution in [0, 0.1) is 6.92 Å². The minimum atomic E-state index is -5.06. The number of pyridine rings is 1. The van der Waals surface area contributed by atoms with Crippen molar-refractivity contribution in [3.8, 4) is 28.0 Å². The second-order valence-electron chi connectivity index (χ2n) is 12.3. The molecule has 5 rings (SSSR count). The van der Waals surface area contributed by atoms with E-state index in [1.54, 1.807) is 24.3 Å². The van der Waals surface area contributed by atoms with Gasteiger partial charge in [0.15, 0.2) is 0 Å². The van der Waals surface area contributed by atoms with Crippen LogP contribution in [0.15, 0.2) is 66.7 Å². The van der Waals surface area contributed by atoms with Gasteiger partial charge in [0, 0.05) is 16.8 Å². The van der Waals surface area contributed by atoms with Crippen molar-refractivity contribution in [3.63, 3.8) is 0 Å². The Kier molecular flexibility index (Phi) is 9.91. The topological polar surface area (TPSA) is 78.0 Å². The Morgan fingerprint density at radius 2 is 1.52 bits per heavy atom. The lowest BCUT2D eigenvalue weighted by molar-refractivity contribution is -0.143. The van der Waals surface area contributed by atoms with E-state index in [0.717, 1.165) is 16.7 Å². The molecule has 0 radical (unpaired) electrons. The Hall–Kier alpha value is -5.07. The van der Waals surface area contributed by atoms with Gasteiger partial charge in [-0.2, -0.15) is 26.3 Å². The number of aromatic nitrogens is 1. The van der Waals surface area contributed by atoms with Crippen molar-refractivity contribution in [1.29, 1.82) is 0 Å². The molecule has 1 fully saturated rings. The predicted octanol–water partition coefficient (Wildman–Crippen LogP) is 9.76. The molecule has 1 aromatic heterocycles. The first-order valence-electron chi connectivity index (χ1n) is 15.6. The molecule has 3 aromatic carbocycles. The number of hydrogen-bond acceptors (Lipinski definition) is 6. The van der Waals surface area contributed by atoms with Gasteiger partial charge in [0.25, 0.3) is 0 Å². The van der Waals surface area contributed by atoms with Crippen LogP contribution in [-0.2, 0) is 28.4 Å². The van der Waals surface area contributed by atoms with E-state index in [1.807, 2.05) is 45.0 Å². The van der Waals surface area contributed by atoms with Crippen molar-refractivity contribution < 1.29 is 50.1 Å². The van der Waals surface area contributed by atoms with E-state index < -0.39 is 53.3 Å². The van der Waals surface area contributed by atoms with Crippen molar-refractivity contribution in [2.75, 3.05) is 14.2 Å². The fourth-order valence-electron chi connectivity index (χ4n) is 5.99. The molecule has 4 aromatic rings. The van der Waals surface area contributed by atoms with Crippen molar-refractivity contribution in [2.45, 2.75) is 64.7 Å². The summed E-state index contributed by atoms with van der Waals surface area (Å²) in [5.41, 5.74) is 1.68. The molecule has 0 spiro atoms. The Morgan fingerprint density at radius 1 is 0.880 bits per heavy atom. The normalized spacial score (nSPS) is 16.5. The van der Waals surface area contributed by atoms with Crippen LogP contribution in [0.5, 0.6) is 5.75 Å². The van der Waals surface area contributed by atoms with E-state index in [2.05, 4.69) is 0 Å². The zero-order chi connectivity index (χ0) is 36.7. The lowest BCUT2D eigenvalue weighted by Gasteiger charge is -2.24. The first-order valence-corrected chi connectivity index (χ1v) is 15.6. The Bertz CT molecular complexity index is 1910. The number of alkyl halides is 6. The van der Waals surface area contributed by atoms with Gasteiger partial charge in [-0.15, -0.1) is 0 Å². The summed E-state index contributed by atoms with van der Waals surface area (Å²) < 4.78 is 97.8. The number of rotatable bonds is 8. The van der Waals surface area contributed by atoms with Crippen molar-refractivity contribution in [3.05, 3.63) is 106 Å². The van der Waals surface area contributed by atoms with Gasteiger partial charge in [0.05, 0.1) is 49.2 Å². The summed E-state index contributed by atoms with van der Waals surface area (Å²) >= 11 is 0. The number of hydrogen-bond donors (Lipinski definition) is 0. The second-order valence-corrected chi connectivity index (χ2v) is 12.3. The zero-order valence-electron chi connectivity index (χ0n) is 28.0. The summed E-state index contributed by atoms with van der Waals surface area (Å²) in [7, 11) is 2.80. The SMILES string of the molecule is COC(=O)c1ccc(-c2ccc(OC)c(-c3ccc(C(C)C)nc3CN3C(=O)O[C@H](c4cc(C(F)(F)F)cc(C(F)(F)F)c4)[C@@H]3C)c2)c(C)c1. The van der Waals surface area contributed by atoms with E-state index in [4.69, 9.17) is 19.2 Å². The molecule has 50 heavy (non-hydrogen) atoms. The van der Waals surface area contributed by atoms with Crippen LogP contribution in [0.25, 0.3) is 22.3 Å². The first-order chi connectivity index (χ1) is 23.4. The quantitative estimate of drug-likeness (QED) is 0.135. The minimum absolute atomic E-state index is 0.0198. The van der Waals surface area contributed by atoms with Crippen molar-refractivity contribution >= 4 is 12.1 Å². The van der Waals surface area contributed by atoms with E-state index >= 15 is 0 Å². The number of benzene rings is 3. The molecule has 0 bridgehead atoms. The van der Waals surface area contributed by atoms with Crippen LogP contribution in [0.2, 0.25) is 0 Å². The molecule has 0 saturated carbocycles. The van der Waals surface area contributed by atoms with Crippen LogP contribution < -0.4 is 4.74 Å². The van der Waals surface area contributed by atoms with E-state index in [0.29, 0.717) is 46.0 Å². The molecule has 1 saturated heterocycles. The fraction of sp³-hybridized carbons (Fsp3) is 0.324. The molecule has 264 valence electrons. The Labute approximate surface area is 284 Å². The number of amides is 1. The summed E-state index contributed by atoms with van der Waals surface area (Å²) in [5.74, 6) is -0.00751. The highest BCUT2D eigenvalue weighted by molar-refractivity contribution is 5.91. The smallest absolute Gasteiger partial charge is 0.416 e. The molecule has 0 aliphatic carbocycles. The summed E-state index contributed by atoms with van der Waals surface area (Å²) in [6, 6.07) is 14.6. The first kappa shape index (κ1) is 36.2. The average molecular weight is 701 g/mol. The summed E-state index contributed by atoms with van der Waals surface area (Å²) in [6.07, 6.45) is -12.5. The molecule has 1 aliphatic rings. The van der Waals surface area contributed by atoms with Crippen LogP contribution >= 0.6 is 0 Å². The number of halogens is 6. The number of cyclic esters (lactones) is 1. The van der Waals surface area contributed by atoms with Gasteiger partial charge in [-0.1, -0.05) is 32.0 Å². The average Bonchev–Trinajstić information content (AvgIpc) is 3.35.